The number of para-hydroxylation sites is 2. The fourth-order valence-corrected chi connectivity index (χ4v) is 4.53. The second-order valence-corrected chi connectivity index (χ2v) is 9.19. The zero-order valence-electron chi connectivity index (χ0n) is 22.5. The summed E-state index contributed by atoms with van der Waals surface area (Å²) in [4.78, 5) is 30.2. The standard InChI is InChI=1S/C29H33F2N5O4/c1-39-17-5-12-32-28(37)22-18-20(33-29(38)34-21-8-10-23(30)24(31)19-21)9-11-25(22)35-13-15-36(16-14-35)26-6-3-4-7-27(26)40-2/h3-4,6-11,18-19H,5,12-17H2,1-2H3,(H,32,37)(H2,33,34,38). The summed E-state index contributed by atoms with van der Waals surface area (Å²) in [5.41, 5.74) is 2.65. The number of ether oxygens (including phenoxy) is 2. The van der Waals surface area contributed by atoms with Crippen LogP contribution in [-0.4, -0.2) is 65.5 Å². The van der Waals surface area contributed by atoms with Crippen LogP contribution in [0.2, 0.25) is 0 Å². The first-order chi connectivity index (χ1) is 19.4. The number of rotatable bonds is 10. The van der Waals surface area contributed by atoms with Crippen molar-refractivity contribution < 1.29 is 27.8 Å². The number of anilines is 4. The molecule has 1 saturated heterocycles. The van der Waals surface area contributed by atoms with Crippen molar-refractivity contribution in [3.8, 4) is 5.75 Å². The van der Waals surface area contributed by atoms with E-state index in [1.54, 1.807) is 32.4 Å². The Morgan fingerprint density at radius 3 is 2.15 bits per heavy atom. The molecule has 1 fully saturated rings. The molecule has 11 heteroatoms. The summed E-state index contributed by atoms with van der Waals surface area (Å²) in [7, 11) is 3.26. The van der Waals surface area contributed by atoms with Gasteiger partial charge in [0.1, 0.15) is 5.75 Å². The Kier molecular flexibility index (Phi) is 9.74. The molecule has 0 bridgehead atoms. The van der Waals surface area contributed by atoms with Crippen molar-refractivity contribution >= 4 is 34.7 Å². The lowest BCUT2D eigenvalue weighted by atomic mass is 10.1. The lowest BCUT2D eigenvalue weighted by Gasteiger charge is -2.38. The zero-order chi connectivity index (χ0) is 28.5. The summed E-state index contributed by atoms with van der Waals surface area (Å²) in [6.07, 6.45) is 0.656. The number of carbonyl (C=O) groups excluding carboxylic acids is 2. The average molecular weight is 554 g/mol. The normalized spacial score (nSPS) is 13.1. The summed E-state index contributed by atoms with van der Waals surface area (Å²) in [6.45, 7) is 3.75. The third-order valence-corrected chi connectivity index (χ3v) is 6.53. The highest BCUT2D eigenvalue weighted by atomic mass is 19.2. The molecule has 9 nitrogen and oxygen atoms in total. The van der Waals surface area contributed by atoms with E-state index >= 15 is 0 Å². The van der Waals surface area contributed by atoms with Gasteiger partial charge >= 0.3 is 6.03 Å². The van der Waals surface area contributed by atoms with Crippen molar-refractivity contribution in [2.45, 2.75) is 6.42 Å². The van der Waals surface area contributed by atoms with E-state index in [9.17, 15) is 18.4 Å². The number of amides is 3. The van der Waals surface area contributed by atoms with E-state index in [1.807, 2.05) is 24.3 Å². The predicted octanol–water partition coefficient (Wildman–Crippen LogP) is 4.71. The van der Waals surface area contributed by atoms with Crippen molar-refractivity contribution in [2.24, 2.45) is 0 Å². The topological polar surface area (TPSA) is 95.2 Å². The highest BCUT2D eigenvalue weighted by Crippen LogP contribution is 2.31. The summed E-state index contributed by atoms with van der Waals surface area (Å²) < 4.78 is 37.3. The summed E-state index contributed by atoms with van der Waals surface area (Å²) >= 11 is 0. The van der Waals surface area contributed by atoms with Gasteiger partial charge in [-0.05, 0) is 48.9 Å². The van der Waals surface area contributed by atoms with E-state index in [-0.39, 0.29) is 11.6 Å². The quantitative estimate of drug-likeness (QED) is 0.315. The first-order valence-corrected chi connectivity index (χ1v) is 13.0. The summed E-state index contributed by atoms with van der Waals surface area (Å²) in [6, 6.07) is 15.4. The molecule has 0 saturated carbocycles. The largest absolute Gasteiger partial charge is 0.495 e. The molecule has 0 aliphatic carbocycles. The highest BCUT2D eigenvalue weighted by molar-refractivity contribution is 6.04. The monoisotopic (exact) mass is 553 g/mol. The molecule has 40 heavy (non-hydrogen) atoms. The molecule has 3 amide bonds. The van der Waals surface area contributed by atoms with Crippen LogP contribution in [0.4, 0.5) is 36.3 Å². The molecule has 1 aliphatic heterocycles. The van der Waals surface area contributed by atoms with Crippen molar-refractivity contribution in [3.05, 3.63) is 77.9 Å². The van der Waals surface area contributed by atoms with Crippen LogP contribution in [0.25, 0.3) is 0 Å². The van der Waals surface area contributed by atoms with E-state index in [4.69, 9.17) is 9.47 Å². The van der Waals surface area contributed by atoms with Crippen LogP contribution in [0, 0.1) is 11.6 Å². The van der Waals surface area contributed by atoms with Crippen LogP contribution in [0.5, 0.6) is 5.75 Å². The van der Waals surface area contributed by atoms with Crippen LogP contribution in [0.3, 0.4) is 0 Å². The van der Waals surface area contributed by atoms with Gasteiger partial charge in [0.05, 0.1) is 18.4 Å². The Bertz CT molecular complexity index is 1330. The fourth-order valence-electron chi connectivity index (χ4n) is 4.53. The van der Waals surface area contributed by atoms with Gasteiger partial charge in [-0.25, -0.2) is 13.6 Å². The van der Waals surface area contributed by atoms with Gasteiger partial charge in [0, 0.05) is 69.6 Å². The molecule has 0 aromatic heterocycles. The minimum atomic E-state index is -1.07. The Morgan fingerprint density at radius 2 is 1.48 bits per heavy atom. The van der Waals surface area contributed by atoms with Crippen LogP contribution >= 0.6 is 0 Å². The second-order valence-electron chi connectivity index (χ2n) is 9.19. The molecule has 0 spiro atoms. The predicted molar refractivity (Wildman–Crippen MR) is 152 cm³/mol. The van der Waals surface area contributed by atoms with Gasteiger partial charge in [-0.3, -0.25) is 4.79 Å². The molecule has 0 unspecified atom stereocenters. The Morgan fingerprint density at radius 1 is 0.825 bits per heavy atom. The number of carbonyl (C=O) groups is 2. The number of urea groups is 1. The molecule has 0 radical (unpaired) electrons. The van der Waals surface area contributed by atoms with Crippen molar-refractivity contribution in [2.75, 3.05) is 74.0 Å². The lowest BCUT2D eigenvalue weighted by Crippen LogP contribution is -2.47. The Labute approximate surface area is 232 Å². The number of hydrogen-bond acceptors (Lipinski definition) is 6. The number of methoxy groups -OCH3 is 2. The lowest BCUT2D eigenvalue weighted by molar-refractivity contribution is 0.0949. The van der Waals surface area contributed by atoms with E-state index in [2.05, 4.69) is 25.8 Å². The molecule has 0 atom stereocenters. The zero-order valence-corrected chi connectivity index (χ0v) is 22.5. The molecular weight excluding hydrogens is 520 g/mol. The summed E-state index contributed by atoms with van der Waals surface area (Å²) in [5, 5.41) is 8.04. The average Bonchev–Trinajstić information content (AvgIpc) is 2.97. The van der Waals surface area contributed by atoms with Crippen molar-refractivity contribution in [3.63, 3.8) is 0 Å². The number of piperazine rings is 1. The smallest absolute Gasteiger partial charge is 0.323 e. The van der Waals surface area contributed by atoms with Gasteiger partial charge in [-0.15, -0.1) is 0 Å². The molecule has 1 aliphatic rings. The number of halogens is 2. The maximum absolute atomic E-state index is 13.5. The van der Waals surface area contributed by atoms with Crippen molar-refractivity contribution in [1.82, 2.24) is 5.32 Å². The SMILES string of the molecule is COCCCNC(=O)c1cc(NC(=O)Nc2ccc(F)c(F)c2)ccc1N1CCN(c2ccccc2OC)CC1. The highest BCUT2D eigenvalue weighted by Gasteiger charge is 2.24. The van der Waals surface area contributed by atoms with Gasteiger partial charge < -0.3 is 35.2 Å². The molecule has 4 rings (SSSR count). The van der Waals surface area contributed by atoms with Gasteiger partial charge in [0.2, 0.25) is 0 Å². The maximum Gasteiger partial charge on any atom is 0.323 e. The first kappa shape index (κ1) is 28.6. The third-order valence-electron chi connectivity index (χ3n) is 6.53. The number of hydrogen-bond donors (Lipinski definition) is 3. The fraction of sp³-hybridized carbons (Fsp3) is 0.310. The van der Waals surface area contributed by atoms with E-state index < -0.39 is 17.7 Å². The van der Waals surface area contributed by atoms with E-state index in [0.29, 0.717) is 43.9 Å². The van der Waals surface area contributed by atoms with Crippen molar-refractivity contribution in [1.29, 1.82) is 0 Å². The molecular formula is C29H33F2N5O4. The van der Waals surface area contributed by atoms with E-state index in [0.717, 1.165) is 42.3 Å². The van der Waals surface area contributed by atoms with E-state index in [1.165, 1.54) is 6.07 Å². The molecule has 3 aromatic carbocycles. The minimum Gasteiger partial charge on any atom is -0.495 e. The van der Waals surface area contributed by atoms with Crippen LogP contribution < -0.4 is 30.5 Å². The first-order valence-electron chi connectivity index (χ1n) is 13.0. The second kappa shape index (κ2) is 13.6. The number of benzene rings is 3. The maximum atomic E-state index is 13.5. The van der Waals surface area contributed by atoms with Gasteiger partial charge in [0.15, 0.2) is 11.6 Å². The van der Waals surface area contributed by atoms with Crippen LogP contribution in [-0.2, 0) is 4.74 Å². The molecule has 1 heterocycles. The Balaban J connectivity index is 1.49. The van der Waals surface area contributed by atoms with Gasteiger partial charge in [0.25, 0.3) is 5.91 Å². The third kappa shape index (κ3) is 7.17. The molecule has 3 aromatic rings. The van der Waals surface area contributed by atoms with Crippen LogP contribution in [0.15, 0.2) is 60.7 Å². The van der Waals surface area contributed by atoms with Gasteiger partial charge in [-0.1, -0.05) is 12.1 Å². The van der Waals surface area contributed by atoms with Gasteiger partial charge in [-0.2, -0.15) is 0 Å². The molecule has 212 valence electrons. The van der Waals surface area contributed by atoms with Crippen LogP contribution in [0.1, 0.15) is 16.8 Å². The summed E-state index contributed by atoms with van der Waals surface area (Å²) in [5.74, 6) is -1.54. The Hall–Kier alpha value is -4.38. The minimum absolute atomic E-state index is 0.0945. The molecule has 3 N–H and O–H groups in total. The number of nitrogens with one attached hydrogen (secondary N) is 3. The number of nitrogens with zero attached hydrogens (tertiary/aromatic N) is 2.